The van der Waals surface area contributed by atoms with Gasteiger partial charge in [-0.05, 0) is 96.8 Å². The van der Waals surface area contributed by atoms with Gasteiger partial charge in [0.15, 0.2) is 5.03 Å². The molecule has 216 valence electrons. The number of amides is 1. The normalized spacial score (nSPS) is 26.5. The summed E-state index contributed by atoms with van der Waals surface area (Å²) in [5, 5.41) is 3.22. The molecular formula is C30H35BrN6O3S. The maximum atomic E-state index is 13.6. The largest absolute Gasteiger partial charge is 0.362 e. The molecule has 3 aliphatic rings. The smallest absolute Gasteiger partial charge is 0.281 e. The van der Waals surface area contributed by atoms with Gasteiger partial charge >= 0.3 is 0 Å². The number of nitrogens with one attached hydrogen (secondary N) is 2. The van der Waals surface area contributed by atoms with Crippen molar-refractivity contribution in [3.63, 3.8) is 0 Å². The molecule has 2 N–H and O–H groups in total. The molecule has 2 unspecified atom stereocenters. The number of carbonyl (C=O) groups excluding carboxylic acids is 1. The van der Waals surface area contributed by atoms with E-state index >= 15 is 0 Å². The van der Waals surface area contributed by atoms with Crippen LogP contribution < -0.4 is 14.9 Å². The first-order valence-electron chi connectivity index (χ1n) is 13.9. The molecule has 1 saturated heterocycles. The van der Waals surface area contributed by atoms with Crippen molar-refractivity contribution < 1.29 is 13.2 Å². The highest BCUT2D eigenvalue weighted by Crippen LogP contribution is 2.65. The quantitative estimate of drug-likeness (QED) is 0.331. The number of nitrogens with zero attached hydrogens (tertiary/aromatic N) is 4. The van der Waals surface area contributed by atoms with Crippen molar-refractivity contribution in [3.8, 4) is 0 Å². The molecule has 2 fully saturated rings. The van der Waals surface area contributed by atoms with E-state index in [-0.39, 0.29) is 33.0 Å². The van der Waals surface area contributed by atoms with Crippen molar-refractivity contribution in [2.24, 2.45) is 11.3 Å². The fourth-order valence-electron chi connectivity index (χ4n) is 6.54. The molecule has 1 aliphatic carbocycles. The van der Waals surface area contributed by atoms with Gasteiger partial charge < -0.3 is 10.2 Å². The van der Waals surface area contributed by atoms with Crippen LogP contribution in [0.1, 0.15) is 81.7 Å². The number of fused-ring (bicyclic) bond motifs is 5. The van der Waals surface area contributed by atoms with E-state index in [4.69, 9.17) is 9.97 Å². The molecule has 0 radical (unpaired) electrons. The number of pyridine rings is 3. The van der Waals surface area contributed by atoms with E-state index in [0.29, 0.717) is 17.6 Å². The lowest BCUT2D eigenvalue weighted by molar-refractivity contribution is 0.0981. The van der Waals surface area contributed by atoms with Gasteiger partial charge in [-0.25, -0.2) is 19.7 Å². The molecular weight excluding hydrogens is 604 g/mol. The first kappa shape index (κ1) is 28.1. The number of sulfonamides is 1. The van der Waals surface area contributed by atoms with Crippen LogP contribution >= 0.6 is 15.9 Å². The van der Waals surface area contributed by atoms with Crippen LogP contribution in [0.25, 0.3) is 0 Å². The zero-order chi connectivity index (χ0) is 29.4. The van der Waals surface area contributed by atoms with E-state index in [9.17, 15) is 13.2 Å². The van der Waals surface area contributed by atoms with Gasteiger partial charge in [-0.15, -0.1) is 0 Å². The van der Waals surface area contributed by atoms with Crippen LogP contribution in [0.2, 0.25) is 0 Å². The van der Waals surface area contributed by atoms with Gasteiger partial charge in [0, 0.05) is 23.2 Å². The molecule has 2 aliphatic heterocycles. The number of rotatable bonds is 1. The predicted molar refractivity (Wildman–Crippen MR) is 161 cm³/mol. The number of hydrogen-bond acceptors (Lipinski definition) is 8. The first-order chi connectivity index (χ1) is 19.2. The molecule has 3 atom stereocenters. The Kier molecular flexibility index (Phi) is 6.50. The Morgan fingerprint density at radius 1 is 1.02 bits per heavy atom. The Hall–Kier alpha value is -3.05. The van der Waals surface area contributed by atoms with Crippen LogP contribution in [0, 0.1) is 11.3 Å². The van der Waals surface area contributed by atoms with Crippen molar-refractivity contribution in [2.45, 2.75) is 75.9 Å². The summed E-state index contributed by atoms with van der Waals surface area (Å²) in [5.74, 6) is 0.618. The SMILES string of the molecule is CC(C)(C)c1ccc2c(n1)N1CC3(CC3C[C@@H](c3cccc(Br)n3)Nc3cccc(n3)S(=O)(=O)NC2=O)CC1(C)C. The average Bonchev–Trinajstić information content (AvgIpc) is 3.46. The molecule has 9 nitrogen and oxygen atoms in total. The molecule has 1 saturated carbocycles. The third-order valence-corrected chi connectivity index (χ3v) is 10.3. The summed E-state index contributed by atoms with van der Waals surface area (Å²) in [7, 11) is -4.26. The second-order valence-electron chi connectivity index (χ2n) is 13.3. The highest BCUT2D eigenvalue weighted by molar-refractivity contribution is 9.10. The van der Waals surface area contributed by atoms with E-state index in [1.165, 1.54) is 6.07 Å². The summed E-state index contributed by atoms with van der Waals surface area (Å²) in [4.78, 5) is 30.0. The molecule has 5 heterocycles. The monoisotopic (exact) mass is 638 g/mol. The minimum atomic E-state index is -4.26. The Labute approximate surface area is 249 Å². The Morgan fingerprint density at radius 3 is 2.51 bits per heavy atom. The van der Waals surface area contributed by atoms with Crippen LogP contribution in [0.15, 0.2) is 58.2 Å². The van der Waals surface area contributed by atoms with Crippen molar-refractivity contribution in [3.05, 3.63) is 70.1 Å². The fraction of sp³-hybridized carbons (Fsp3) is 0.467. The topological polar surface area (TPSA) is 117 Å². The summed E-state index contributed by atoms with van der Waals surface area (Å²) in [6, 6.07) is 13.9. The molecule has 41 heavy (non-hydrogen) atoms. The summed E-state index contributed by atoms with van der Waals surface area (Å²) in [5.41, 5.74) is 1.46. The summed E-state index contributed by atoms with van der Waals surface area (Å²) in [6.07, 6.45) is 2.81. The van der Waals surface area contributed by atoms with Gasteiger partial charge in [0.05, 0.1) is 17.3 Å². The molecule has 11 heteroatoms. The Morgan fingerprint density at radius 2 is 1.78 bits per heavy atom. The second kappa shape index (κ2) is 9.49. The van der Waals surface area contributed by atoms with E-state index in [1.54, 1.807) is 18.2 Å². The van der Waals surface area contributed by atoms with Crippen LogP contribution in [-0.2, 0) is 15.4 Å². The Bertz CT molecular complexity index is 1650. The number of halogens is 1. The summed E-state index contributed by atoms with van der Waals surface area (Å²) >= 11 is 3.50. The molecule has 1 amide bonds. The summed E-state index contributed by atoms with van der Waals surface area (Å²) in [6.45, 7) is 11.3. The highest BCUT2D eigenvalue weighted by atomic mass is 79.9. The zero-order valence-electron chi connectivity index (χ0n) is 23.9. The van der Waals surface area contributed by atoms with E-state index in [1.807, 2.05) is 24.3 Å². The lowest BCUT2D eigenvalue weighted by Gasteiger charge is -2.34. The lowest BCUT2D eigenvalue weighted by Crippen LogP contribution is -2.41. The van der Waals surface area contributed by atoms with Crippen LogP contribution in [0.4, 0.5) is 11.6 Å². The second-order valence-corrected chi connectivity index (χ2v) is 15.7. The van der Waals surface area contributed by atoms with E-state index in [0.717, 1.165) is 41.8 Å². The van der Waals surface area contributed by atoms with Gasteiger partial charge in [0.25, 0.3) is 15.9 Å². The van der Waals surface area contributed by atoms with Crippen molar-refractivity contribution >= 4 is 43.5 Å². The van der Waals surface area contributed by atoms with Crippen LogP contribution in [0.3, 0.4) is 0 Å². The molecule has 3 aromatic heterocycles. The standard InChI is InChI=1S/C30H35BrN6O3S/c1-28(2,3)22-13-12-19-26(34-22)37-17-30(16-29(37,4)5)15-18(30)14-21(20-8-6-9-23(31)32-20)33-24-10-7-11-25(35-24)41(39,40)36-27(19)38/h6-13,18,21H,14-17H2,1-5H3,(H,33,35)(H,36,38)/t18?,21-,30?/m0/s1. The Balaban J connectivity index is 1.50. The van der Waals surface area contributed by atoms with Gasteiger partial charge in [-0.2, -0.15) is 8.42 Å². The van der Waals surface area contributed by atoms with Gasteiger partial charge in [-0.3, -0.25) is 4.79 Å². The van der Waals surface area contributed by atoms with Gasteiger partial charge in [0.1, 0.15) is 16.2 Å². The van der Waals surface area contributed by atoms with Crippen molar-refractivity contribution in [1.29, 1.82) is 0 Å². The van der Waals surface area contributed by atoms with Crippen molar-refractivity contribution in [1.82, 2.24) is 19.7 Å². The molecule has 1 spiro atoms. The lowest BCUT2D eigenvalue weighted by atomic mass is 9.90. The number of carbonyl (C=O) groups is 1. The molecule has 4 bridgehead atoms. The molecule has 6 rings (SSSR count). The fourth-order valence-corrected chi connectivity index (χ4v) is 7.83. The average molecular weight is 640 g/mol. The van der Waals surface area contributed by atoms with Crippen LogP contribution in [0.5, 0.6) is 0 Å². The molecule has 3 aromatic rings. The van der Waals surface area contributed by atoms with Gasteiger partial charge in [0.2, 0.25) is 0 Å². The minimum Gasteiger partial charge on any atom is -0.362 e. The van der Waals surface area contributed by atoms with E-state index < -0.39 is 15.9 Å². The maximum absolute atomic E-state index is 13.6. The maximum Gasteiger partial charge on any atom is 0.281 e. The van der Waals surface area contributed by atoms with E-state index in [2.05, 4.69) is 70.5 Å². The third kappa shape index (κ3) is 5.22. The highest BCUT2D eigenvalue weighted by Gasteiger charge is 2.63. The minimum absolute atomic E-state index is 0.0597. The number of hydrogen-bond donors (Lipinski definition) is 2. The summed E-state index contributed by atoms with van der Waals surface area (Å²) < 4.78 is 29.8. The first-order valence-corrected chi connectivity index (χ1v) is 16.2. The predicted octanol–water partition coefficient (Wildman–Crippen LogP) is 5.60. The van der Waals surface area contributed by atoms with Gasteiger partial charge in [-0.1, -0.05) is 32.9 Å². The number of aromatic nitrogens is 3. The third-order valence-electron chi connectivity index (χ3n) is 8.65. The van der Waals surface area contributed by atoms with Crippen LogP contribution in [-0.4, -0.2) is 41.4 Å². The van der Waals surface area contributed by atoms with Crippen molar-refractivity contribution in [2.75, 3.05) is 16.8 Å². The molecule has 0 aromatic carbocycles. The number of anilines is 2. The zero-order valence-corrected chi connectivity index (χ0v) is 26.3.